The molecule has 0 radical (unpaired) electrons. The first kappa shape index (κ1) is 19.1. The normalized spacial score (nSPS) is 10.0. The first-order valence-electron chi connectivity index (χ1n) is 8.16. The SMILES string of the molecule is CNC(=O)c1ccc(OC)c(NC(=O)NCc2ccc(N(C)C)cc2)c1. The maximum absolute atomic E-state index is 12.2. The van der Waals surface area contributed by atoms with E-state index in [1.165, 1.54) is 7.11 Å². The fourth-order valence-corrected chi connectivity index (χ4v) is 2.35. The minimum atomic E-state index is -0.381. The van der Waals surface area contributed by atoms with Crippen LogP contribution in [0.3, 0.4) is 0 Å². The lowest BCUT2D eigenvalue weighted by atomic mass is 10.1. The molecular weight excluding hydrogens is 332 g/mol. The molecule has 0 heterocycles. The Kier molecular flexibility index (Phi) is 6.43. The van der Waals surface area contributed by atoms with E-state index in [4.69, 9.17) is 4.74 Å². The van der Waals surface area contributed by atoms with Crippen molar-refractivity contribution in [2.24, 2.45) is 0 Å². The lowest BCUT2D eigenvalue weighted by molar-refractivity contribution is 0.0963. The molecule has 26 heavy (non-hydrogen) atoms. The van der Waals surface area contributed by atoms with Gasteiger partial charge < -0.3 is 25.6 Å². The number of benzene rings is 2. The maximum atomic E-state index is 12.2. The lowest BCUT2D eigenvalue weighted by Crippen LogP contribution is -2.28. The summed E-state index contributed by atoms with van der Waals surface area (Å²) in [4.78, 5) is 26.0. The minimum Gasteiger partial charge on any atom is -0.495 e. The predicted molar refractivity (Wildman–Crippen MR) is 103 cm³/mol. The van der Waals surface area contributed by atoms with Crippen LogP contribution in [0.4, 0.5) is 16.2 Å². The summed E-state index contributed by atoms with van der Waals surface area (Å²) in [6.07, 6.45) is 0. The van der Waals surface area contributed by atoms with Gasteiger partial charge in [-0.1, -0.05) is 12.1 Å². The summed E-state index contributed by atoms with van der Waals surface area (Å²) in [6.45, 7) is 0.386. The van der Waals surface area contributed by atoms with Gasteiger partial charge in [0.05, 0.1) is 12.8 Å². The van der Waals surface area contributed by atoms with E-state index < -0.39 is 0 Å². The number of urea groups is 1. The van der Waals surface area contributed by atoms with Crippen molar-refractivity contribution in [3.8, 4) is 5.75 Å². The summed E-state index contributed by atoms with van der Waals surface area (Å²) < 4.78 is 5.23. The standard InChI is InChI=1S/C19H24N4O3/c1-20-18(24)14-7-10-17(26-4)16(11-14)22-19(25)21-12-13-5-8-15(9-6-13)23(2)3/h5-11H,12H2,1-4H3,(H,20,24)(H2,21,22,25). The van der Waals surface area contributed by atoms with Gasteiger partial charge in [-0.3, -0.25) is 4.79 Å². The van der Waals surface area contributed by atoms with Crippen LogP contribution in [0, 0.1) is 0 Å². The van der Waals surface area contributed by atoms with Gasteiger partial charge in [-0.25, -0.2) is 4.79 Å². The van der Waals surface area contributed by atoms with Crippen molar-refractivity contribution in [1.29, 1.82) is 0 Å². The molecule has 0 fully saturated rings. The molecular formula is C19H24N4O3. The first-order valence-corrected chi connectivity index (χ1v) is 8.16. The van der Waals surface area contributed by atoms with E-state index in [1.54, 1.807) is 25.2 Å². The average Bonchev–Trinajstić information content (AvgIpc) is 2.66. The number of nitrogens with one attached hydrogen (secondary N) is 3. The fourth-order valence-electron chi connectivity index (χ4n) is 2.35. The second kappa shape index (κ2) is 8.75. The van der Waals surface area contributed by atoms with Crippen LogP contribution in [-0.4, -0.2) is 40.2 Å². The van der Waals surface area contributed by atoms with Gasteiger partial charge in [0.15, 0.2) is 0 Å². The molecule has 0 aliphatic heterocycles. The Hall–Kier alpha value is -3.22. The van der Waals surface area contributed by atoms with Crippen LogP contribution >= 0.6 is 0 Å². The number of hydrogen-bond acceptors (Lipinski definition) is 4. The van der Waals surface area contributed by atoms with Gasteiger partial charge in [0.25, 0.3) is 5.91 Å². The number of rotatable bonds is 6. The summed E-state index contributed by atoms with van der Waals surface area (Å²) >= 11 is 0. The van der Waals surface area contributed by atoms with Gasteiger partial charge in [-0.05, 0) is 35.9 Å². The zero-order valence-corrected chi connectivity index (χ0v) is 15.4. The Morgan fingerprint density at radius 1 is 1.08 bits per heavy atom. The molecule has 0 spiro atoms. The Morgan fingerprint density at radius 2 is 1.77 bits per heavy atom. The summed E-state index contributed by atoms with van der Waals surface area (Å²) in [7, 11) is 7.00. The fraction of sp³-hybridized carbons (Fsp3) is 0.263. The van der Waals surface area contributed by atoms with E-state index >= 15 is 0 Å². The van der Waals surface area contributed by atoms with Gasteiger partial charge in [0.2, 0.25) is 0 Å². The van der Waals surface area contributed by atoms with E-state index in [9.17, 15) is 9.59 Å². The predicted octanol–water partition coefficient (Wildman–Crippen LogP) is 2.44. The number of nitrogens with zero attached hydrogens (tertiary/aromatic N) is 1. The Morgan fingerprint density at radius 3 is 2.35 bits per heavy atom. The Balaban J connectivity index is 2.01. The van der Waals surface area contributed by atoms with Crippen molar-refractivity contribution < 1.29 is 14.3 Å². The summed E-state index contributed by atoms with van der Waals surface area (Å²) in [5.74, 6) is 0.236. The summed E-state index contributed by atoms with van der Waals surface area (Å²) in [6, 6.07) is 12.4. The summed E-state index contributed by atoms with van der Waals surface area (Å²) in [5.41, 5.74) is 2.93. The Bertz CT molecular complexity index is 773. The van der Waals surface area contributed by atoms with E-state index in [-0.39, 0.29) is 11.9 Å². The van der Waals surface area contributed by atoms with Gasteiger partial charge in [-0.2, -0.15) is 0 Å². The highest BCUT2D eigenvalue weighted by molar-refractivity contribution is 5.97. The van der Waals surface area contributed by atoms with Crippen LogP contribution in [0.2, 0.25) is 0 Å². The van der Waals surface area contributed by atoms with Crippen molar-refractivity contribution in [3.05, 3.63) is 53.6 Å². The van der Waals surface area contributed by atoms with Crippen molar-refractivity contribution in [1.82, 2.24) is 10.6 Å². The number of anilines is 2. The molecule has 2 aromatic carbocycles. The van der Waals surface area contributed by atoms with Crippen LogP contribution in [0.1, 0.15) is 15.9 Å². The van der Waals surface area contributed by atoms with E-state index in [0.29, 0.717) is 23.5 Å². The second-order valence-corrected chi connectivity index (χ2v) is 5.86. The molecule has 0 atom stereocenters. The third-order valence-electron chi connectivity index (χ3n) is 3.84. The van der Waals surface area contributed by atoms with Gasteiger partial charge in [0, 0.05) is 38.9 Å². The van der Waals surface area contributed by atoms with Crippen molar-refractivity contribution in [2.45, 2.75) is 6.54 Å². The molecule has 7 nitrogen and oxygen atoms in total. The molecule has 0 unspecified atom stereocenters. The second-order valence-electron chi connectivity index (χ2n) is 5.86. The van der Waals surface area contributed by atoms with Gasteiger partial charge >= 0.3 is 6.03 Å². The molecule has 3 N–H and O–H groups in total. The number of carbonyl (C=O) groups is 2. The van der Waals surface area contributed by atoms with E-state index in [1.807, 2.05) is 43.3 Å². The minimum absolute atomic E-state index is 0.239. The van der Waals surface area contributed by atoms with Crippen LogP contribution in [0.5, 0.6) is 5.75 Å². The number of ether oxygens (including phenoxy) is 1. The van der Waals surface area contributed by atoms with Crippen LogP contribution < -0.4 is 25.6 Å². The van der Waals surface area contributed by atoms with Crippen molar-refractivity contribution in [2.75, 3.05) is 38.5 Å². The van der Waals surface area contributed by atoms with Gasteiger partial charge in [0.1, 0.15) is 5.75 Å². The number of methoxy groups -OCH3 is 1. The zero-order chi connectivity index (χ0) is 19.1. The first-order chi connectivity index (χ1) is 12.4. The molecule has 2 aromatic rings. The van der Waals surface area contributed by atoms with Crippen molar-refractivity contribution in [3.63, 3.8) is 0 Å². The smallest absolute Gasteiger partial charge is 0.319 e. The molecule has 3 amide bonds. The largest absolute Gasteiger partial charge is 0.495 e. The molecule has 7 heteroatoms. The molecule has 0 aliphatic rings. The average molecular weight is 356 g/mol. The molecule has 0 aliphatic carbocycles. The highest BCUT2D eigenvalue weighted by Crippen LogP contribution is 2.25. The van der Waals surface area contributed by atoms with E-state index in [2.05, 4.69) is 16.0 Å². The quantitative estimate of drug-likeness (QED) is 0.742. The number of amides is 3. The van der Waals surface area contributed by atoms with Crippen LogP contribution in [0.25, 0.3) is 0 Å². The maximum Gasteiger partial charge on any atom is 0.319 e. The summed E-state index contributed by atoms with van der Waals surface area (Å²) in [5, 5.41) is 8.05. The molecule has 0 aromatic heterocycles. The third-order valence-corrected chi connectivity index (χ3v) is 3.84. The molecule has 0 saturated carbocycles. The zero-order valence-electron chi connectivity index (χ0n) is 15.4. The van der Waals surface area contributed by atoms with E-state index in [0.717, 1.165) is 11.3 Å². The third kappa shape index (κ3) is 4.89. The topological polar surface area (TPSA) is 82.7 Å². The molecule has 2 rings (SSSR count). The number of hydrogen-bond donors (Lipinski definition) is 3. The highest BCUT2D eigenvalue weighted by Gasteiger charge is 2.11. The highest BCUT2D eigenvalue weighted by atomic mass is 16.5. The van der Waals surface area contributed by atoms with Crippen LogP contribution in [-0.2, 0) is 6.54 Å². The Labute approximate surface area is 153 Å². The molecule has 0 bridgehead atoms. The number of carbonyl (C=O) groups excluding carboxylic acids is 2. The monoisotopic (exact) mass is 356 g/mol. The lowest BCUT2D eigenvalue weighted by Gasteiger charge is -2.14. The molecule has 0 saturated heterocycles. The molecule has 138 valence electrons. The van der Waals surface area contributed by atoms with Crippen LogP contribution in [0.15, 0.2) is 42.5 Å². The van der Waals surface area contributed by atoms with Gasteiger partial charge in [-0.15, -0.1) is 0 Å². The van der Waals surface area contributed by atoms with Crippen molar-refractivity contribution >= 4 is 23.3 Å².